The van der Waals surface area contributed by atoms with E-state index in [4.69, 9.17) is 0 Å². The summed E-state index contributed by atoms with van der Waals surface area (Å²) in [5, 5.41) is 12.5. The fourth-order valence-electron chi connectivity index (χ4n) is 1.92. The highest BCUT2D eigenvalue weighted by atomic mass is 19.3. The van der Waals surface area contributed by atoms with Crippen LogP contribution in [0.4, 0.5) is 8.78 Å². The minimum Gasteiger partial charge on any atom is -0.435 e. The second-order valence-electron chi connectivity index (χ2n) is 4.83. The van der Waals surface area contributed by atoms with Gasteiger partial charge in [0.1, 0.15) is 5.75 Å². The SMILES string of the molecule is O=C(/C=C/c1cccnc1)NCC(O)c1cccc(OC(F)F)c1. The van der Waals surface area contributed by atoms with Crippen LogP contribution >= 0.6 is 0 Å². The molecule has 1 heterocycles. The normalized spacial score (nSPS) is 12.3. The standard InChI is InChI=1S/C17H16F2N2O3/c18-17(19)24-14-5-1-4-13(9-14)15(22)11-21-16(23)7-6-12-3-2-8-20-10-12/h1-10,15,17,22H,11H2,(H,21,23)/b7-6+. The number of aromatic nitrogens is 1. The number of ether oxygens (including phenoxy) is 1. The molecule has 2 rings (SSSR count). The van der Waals surface area contributed by atoms with E-state index in [0.29, 0.717) is 5.56 Å². The highest BCUT2D eigenvalue weighted by Crippen LogP contribution is 2.20. The molecular formula is C17H16F2N2O3. The number of hydrogen-bond donors (Lipinski definition) is 2. The van der Waals surface area contributed by atoms with E-state index in [-0.39, 0.29) is 12.3 Å². The lowest BCUT2D eigenvalue weighted by Crippen LogP contribution is -2.26. The molecule has 0 bridgehead atoms. The number of carbonyl (C=O) groups excluding carboxylic acids is 1. The van der Waals surface area contributed by atoms with E-state index in [1.54, 1.807) is 36.7 Å². The van der Waals surface area contributed by atoms with Crippen molar-refractivity contribution in [3.8, 4) is 5.75 Å². The molecule has 7 heteroatoms. The number of carbonyl (C=O) groups is 1. The zero-order valence-corrected chi connectivity index (χ0v) is 12.6. The fourth-order valence-corrected chi connectivity index (χ4v) is 1.92. The highest BCUT2D eigenvalue weighted by Gasteiger charge is 2.11. The molecule has 24 heavy (non-hydrogen) atoms. The first kappa shape index (κ1) is 17.6. The zero-order valence-electron chi connectivity index (χ0n) is 12.6. The van der Waals surface area contributed by atoms with E-state index in [2.05, 4.69) is 15.0 Å². The molecule has 1 amide bonds. The Labute approximate surface area is 137 Å². The number of pyridine rings is 1. The number of rotatable bonds is 7. The van der Waals surface area contributed by atoms with Crippen molar-refractivity contribution < 1.29 is 23.4 Å². The summed E-state index contributed by atoms with van der Waals surface area (Å²) in [6.07, 6.45) is 5.10. The lowest BCUT2D eigenvalue weighted by molar-refractivity contribution is -0.116. The van der Waals surface area contributed by atoms with Crippen molar-refractivity contribution in [2.24, 2.45) is 0 Å². The summed E-state index contributed by atoms with van der Waals surface area (Å²) < 4.78 is 28.6. The second-order valence-corrected chi connectivity index (χ2v) is 4.83. The third kappa shape index (κ3) is 5.77. The molecule has 126 valence electrons. The molecule has 0 aliphatic rings. The van der Waals surface area contributed by atoms with Crippen LogP contribution in [0.1, 0.15) is 17.2 Å². The molecule has 5 nitrogen and oxygen atoms in total. The van der Waals surface area contributed by atoms with Gasteiger partial charge in [0.2, 0.25) is 5.91 Å². The van der Waals surface area contributed by atoms with Crippen LogP contribution in [0.3, 0.4) is 0 Å². The van der Waals surface area contributed by atoms with Gasteiger partial charge in [-0.3, -0.25) is 9.78 Å². The predicted octanol–water partition coefficient (Wildman–Crippen LogP) is 2.55. The first-order valence-electron chi connectivity index (χ1n) is 7.13. The summed E-state index contributed by atoms with van der Waals surface area (Å²) >= 11 is 0. The predicted molar refractivity (Wildman–Crippen MR) is 84.3 cm³/mol. The lowest BCUT2D eigenvalue weighted by atomic mass is 10.1. The number of hydrogen-bond acceptors (Lipinski definition) is 4. The minimum absolute atomic E-state index is 0.0515. The molecular weight excluding hydrogens is 318 g/mol. The van der Waals surface area contributed by atoms with Crippen LogP contribution < -0.4 is 10.1 Å². The van der Waals surface area contributed by atoms with Crippen LogP contribution in [0.15, 0.2) is 54.9 Å². The molecule has 0 aliphatic carbocycles. The molecule has 2 N–H and O–H groups in total. The molecule has 0 aliphatic heterocycles. The minimum atomic E-state index is -2.94. The highest BCUT2D eigenvalue weighted by molar-refractivity contribution is 5.91. The Morgan fingerprint density at radius 1 is 1.33 bits per heavy atom. The Bertz CT molecular complexity index is 693. The zero-order chi connectivity index (χ0) is 17.4. The van der Waals surface area contributed by atoms with Crippen molar-refractivity contribution in [3.05, 3.63) is 66.0 Å². The number of amides is 1. The molecule has 1 aromatic carbocycles. The maximum absolute atomic E-state index is 12.2. The summed E-state index contributed by atoms with van der Waals surface area (Å²) in [6.45, 7) is -3.00. The third-order valence-corrected chi connectivity index (χ3v) is 3.05. The first-order chi connectivity index (χ1) is 11.5. The van der Waals surface area contributed by atoms with Crippen molar-refractivity contribution in [2.45, 2.75) is 12.7 Å². The van der Waals surface area contributed by atoms with Gasteiger partial charge in [-0.05, 0) is 35.4 Å². The van der Waals surface area contributed by atoms with Crippen LogP contribution in [0.2, 0.25) is 0 Å². The van der Waals surface area contributed by atoms with E-state index in [0.717, 1.165) is 5.56 Å². The Balaban J connectivity index is 1.87. The molecule has 1 aromatic heterocycles. The molecule has 2 aromatic rings. The van der Waals surface area contributed by atoms with Crippen LogP contribution in [0, 0.1) is 0 Å². The maximum Gasteiger partial charge on any atom is 0.387 e. The van der Waals surface area contributed by atoms with Gasteiger partial charge in [-0.25, -0.2) is 0 Å². The smallest absolute Gasteiger partial charge is 0.387 e. The van der Waals surface area contributed by atoms with Crippen LogP contribution in [0.25, 0.3) is 6.08 Å². The molecule has 1 atom stereocenters. The second kappa shape index (κ2) is 8.73. The van der Waals surface area contributed by atoms with E-state index in [9.17, 15) is 18.7 Å². The van der Waals surface area contributed by atoms with Crippen LogP contribution in [-0.4, -0.2) is 29.2 Å². The van der Waals surface area contributed by atoms with E-state index in [1.165, 1.54) is 24.3 Å². The Morgan fingerprint density at radius 2 is 2.17 bits per heavy atom. The number of benzene rings is 1. The summed E-state index contributed by atoms with van der Waals surface area (Å²) in [7, 11) is 0. The molecule has 1 unspecified atom stereocenters. The van der Waals surface area contributed by atoms with Crippen molar-refractivity contribution in [1.82, 2.24) is 10.3 Å². The number of nitrogens with one attached hydrogen (secondary N) is 1. The van der Waals surface area contributed by atoms with Gasteiger partial charge in [0.15, 0.2) is 0 Å². The monoisotopic (exact) mass is 334 g/mol. The van der Waals surface area contributed by atoms with E-state index < -0.39 is 18.6 Å². The Morgan fingerprint density at radius 3 is 2.88 bits per heavy atom. The van der Waals surface area contributed by atoms with Gasteiger partial charge in [0, 0.05) is 25.0 Å². The molecule has 0 fully saturated rings. The van der Waals surface area contributed by atoms with Crippen LogP contribution in [0.5, 0.6) is 5.75 Å². The van der Waals surface area contributed by atoms with Crippen molar-refractivity contribution >= 4 is 12.0 Å². The van der Waals surface area contributed by atoms with Gasteiger partial charge in [-0.1, -0.05) is 18.2 Å². The topological polar surface area (TPSA) is 71.5 Å². The summed E-state index contributed by atoms with van der Waals surface area (Å²) in [4.78, 5) is 15.6. The van der Waals surface area contributed by atoms with Gasteiger partial charge < -0.3 is 15.2 Å². The van der Waals surface area contributed by atoms with Gasteiger partial charge in [0.05, 0.1) is 6.10 Å². The van der Waals surface area contributed by atoms with Gasteiger partial charge in [0.25, 0.3) is 0 Å². The van der Waals surface area contributed by atoms with E-state index >= 15 is 0 Å². The molecule has 0 saturated heterocycles. The maximum atomic E-state index is 12.2. The molecule has 0 radical (unpaired) electrons. The van der Waals surface area contributed by atoms with E-state index in [1.807, 2.05) is 0 Å². The van der Waals surface area contributed by atoms with Gasteiger partial charge >= 0.3 is 6.61 Å². The number of nitrogens with zero attached hydrogens (tertiary/aromatic N) is 1. The van der Waals surface area contributed by atoms with Crippen LogP contribution in [-0.2, 0) is 4.79 Å². The Kier molecular flexibility index (Phi) is 6.39. The molecule has 0 saturated carbocycles. The fraction of sp³-hybridized carbons (Fsp3) is 0.176. The Hall–Kier alpha value is -2.80. The van der Waals surface area contributed by atoms with Crippen molar-refractivity contribution in [1.29, 1.82) is 0 Å². The summed E-state index contributed by atoms with van der Waals surface area (Å²) in [6, 6.07) is 9.24. The number of aliphatic hydroxyl groups is 1. The van der Waals surface area contributed by atoms with Gasteiger partial charge in [-0.2, -0.15) is 8.78 Å². The summed E-state index contributed by atoms with van der Waals surface area (Å²) in [5.74, 6) is -0.442. The number of halogens is 2. The number of alkyl halides is 2. The third-order valence-electron chi connectivity index (χ3n) is 3.05. The van der Waals surface area contributed by atoms with Crippen molar-refractivity contribution in [2.75, 3.05) is 6.54 Å². The largest absolute Gasteiger partial charge is 0.435 e. The average molecular weight is 334 g/mol. The average Bonchev–Trinajstić information content (AvgIpc) is 2.58. The number of aliphatic hydroxyl groups excluding tert-OH is 1. The lowest BCUT2D eigenvalue weighted by Gasteiger charge is -2.13. The van der Waals surface area contributed by atoms with Crippen molar-refractivity contribution in [3.63, 3.8) is 0 Å². The molecule has 0 spiro atoms. The first-order valence-corrected chi connectivity index (χ1v) is 7.13. The quantitative estimate of drug-likeness (QED) is 0.764. The summed E-state index contributed by atoms with van der Waals surface area (Å²) in [5.41, 5.74) is 1.13. The van der Waals surface area contributed by atoms with Gasteiger partial charge in [-0.15, -0.1) is 0 Å².